The molecule has 1 amide bonds. The Labute approximate surface area is 172 Å². The summed E-state index contributed by atoms with van der Waals surface area (Å²) >= 11 is 0. The summed E-state index contributed by atoms with van der Waals surface area (Å²) in [5.41, 5.74) is 5.41. The van der Waals surface area contributed by atoms with Crippen molar-refractivity contribution in [2.75, 3.05) is 11.9 Å². The van der Waals surface area contributed by atoms with Crippen LogP contribution in [0.25, 0.3) is 11.0 Å². The van der Waals surface area contributed by atoms with Crippen LogP contribution in [0.2, 0.25) is 0 Å². The molecule has 0 atom stereocenters. The number of ether oxygens (including phenoxy) is 1. The van der Waals surface area contributed by atoms with Crippen molar-refractivity contribution >= 4 is 22.6 Å². The van der Waals surface area contributed by atoms with E-state index in [-0.39, 0.29) is 5.91 Å². The van der Waals surface area contributed by atoms with Gasteiger partial charge in [0, 0.05) is 31.5 Å². The number of imidazole rings is 1. The van der Waals surface area contributed by atoms with E-state index in [0.717, 1.165) is 60.7 Å². The predicted octanol–water partition coefficient (Wildman–Crippen LogP) is 4.96. The summed E-state index contributed by atoms with van der Waals surface area (Å²) in [5, 5.41) is 2.94. The van der Waals surface area contributed by atoms with Gasteiger partial charge in [0.25, 0.3) is 0 Å². The second-order valence-corrected chi connectivity index (χ2v) is 8.18. The van der Waals surface area contributed by atoms with Crippen LogP contribution in [0.15, 0.2) is 36.4 Å². The Hall–Kier alpha value is -2.82. The van der Waals surface area contributed by atoms with Crippen molar-refractivity contribution in [1.29, 1.82) is 0 Å². The molecule has 2 aromatic carbocycles. The zero-order chi connectivity index (χ0) is 20.4. The number of hydrogen-bond acceptors (Lipinski definition) is 3. The molecule has 2 heterocycles. The summed E-state index contributed by atoms with van der Waals surface area (Å²) in [7, 11) is 0. The van der Waals surface area contributed by atoms with Crippen molar-refractivity contribution in [1.82, 2.24) is 9.55 Å². The fourth-order valence-corrected chi connectivity index (χ4v) is 3.81. The van der Waals surface area contributed by atoms with E-state index < -0.39 is 0 Å². The zero-order valence-electron chi connectivity index (χ0n) is 17.5. The highest BCUT2D eigenvalue weighted by atomic mass is 16.5. The van der Waals surface area contributed by atoms with Crippen LogP contribution in [0.4, 0.5) is 5.69 Å². The van der Waals surface area contributed by atoms with E-state index in [1.54, 1.807) is 0 Å². The van der Waals surface area contributed by atoms with Gasteiger partial charge < -0.3 is 14.6 Å². The molecule has 5 heteroatoms. The Morgan fingerprint density at radius 3 is 2.90 bits per heavy atom. The highest BCUT2D eigenvalue weighted by molar-refractivity contribution is 5.93. The number of carbonyl (C=O) groups is 1. The topological polar surface area (TPSA) is 56.1 Å². The number of anilines is 1. The van der Waals surface area contributed by atoms with Crippen LogP contribution >= 0.6 is 0 Å². The molecule has 1 aliphatic rings. The quantitative estimate of drug-likeness (QED) is 0.619. The first-order valence-electron chi connectivity index (χ1n) is 10.6. The second kappa shape index (κ2) is 8.27. The molecular weight excluding hydrogens is 362 g/mol. The third-order valence-electron chi connectivity index (χ3n) is 5.48. The molecular formula is C24H29N3O2. The summed E-state index contributed by atoms with van der Waals surface area (Å²) < 4.78 is 7.98. The number of amides is 1. The lowest BCUT2D eigenvalue weighted by Crippen LogP contribution is -2.09. The third-order valence-corrected chi connectivity index (χ3v) is 5.48. The molecule has 0 unspecified atom stereocenters. The minimum Gasteiger partial charge on any atom is -0.493 e. The number of rotatable bonds is 7. The van der Waals surface area contributed by atoms with Gasteiger partial charge in [0.1, 0.15) is 11.6 Å². The van der Waals surface area contributed by atoms with Crippen LogP contribution in [0.3, 0.4) is 0 Å². The lowest BCUT2D eigenvalue weighted by Gasteiger charge is -2.12. The zero-order valence-corrected chi connectivity index (χ0v) is 17.5. The monoisotopic (exact) mass is 391 g/mol. The molecule has 0 saturated heterocycles. The van der Waals surface area contributed by atoms with E-state index in [4.69, 9.17) is 9.72 Å². The first-order valence-corrected chi connectivity index (χ1v) is 10.6. The van der Waals surface area contributed by atoms with Crippen LogP contribution in [0.5, 0.6) is 5.75 Å². The Morgan fingerprint density at radius 1 is 1.24 bits per heavy atom. The van der Waals surface area contributed by atoms with Gasteiger partial charge in [-0.25, -0.2) is 4.98 Å². The summed E-state index contributed by atoms with van der Waals surface area (Å²) in [6.45, 7) is 8.07. The lowest BCUT2D eigenvalue weighted by atomic mass is 10.1. The van der Waals surface area contributed by atoms with Crippen molar-refractivity contribution in [2.24, 2.45) is 5.92 Å². The molecule has 0 spiro atoms. The largest absolute Gasteiger partial charge is 0.493 e. The Bertz CT molecular complexity index is 1040. The Kier molecular flexibility index (Phi) is 5.56. The molecule has 3 aromatic rings. The van der Waals surface area contributed by atoms with Gasteiger partial charge in [-0.05, 0) is 47.7 Å². The number of nitrogens with one attached hydrogen (secondary N) is 1. The highest BCUT2D eigenvalue weighted by Crippen LogP contribution is 2.28. The number of fused-ring (bicyclic) bond motifs is 2. The summed E-state index contributed by atoms with van der Waals surface area (Å²) in [4.78, 5) is 16.7. The van der Waals surface area contributed by atoms with Crippen LogP contribution < -0.4 is 10.1 Å². The van der Waals surface area contributed by atoms with Gasteiger partial charge in [0.05, 0.1) is 17.6 Å². The van der Waals surface area contributed by atoms with Crippen molar-refractivity contribution < 1.29 is 9.53 Å². The first kappa shape index (κ1) is 19.5. The van der Waals surface area contributed by atoms with E-state index in [1.165, 1.54) is 11.1 Å². The molecule has 0 saturated carbocycles. The van der Waals surface area contributed by atoms with E-state index in [0.29, 0.717) is 12.3 Å². The normalized spacial score (nSPS) is 13.0. The fraction of sp³-hybridized carbons (Fsp3) is 0.417. The standard InChI is InChI=1S/C24H29N3O2/c1-4-24(28)25-19-6-7-21-20(15-19)26-23(27(21)11-9-16(2)3)14-17-5-8-22-18(13-17)10-12-29-22/h5-8,13,15-16H,4,9-12,14H2,1-3H3,(H,25,28). The fourth-order valence-electron chi connectivity index (χ4n) is 3.81. The third kappa shape index (κ3) is 4.29. The lowest BCUT2D eigenvalue weighted by molar-refractivity contribution is -0.115. The summed E-state index contributed by atoms with van der Waals surface area (Å²) in [6, 6.07) is 12.5. The number of hydrogen-bond donors (Lipinski definition) is 1. The molecule has 1 aliphatic heterocycles. The smallest absolute Gasteiger partial charge is 0.224 e. The number of nitrogens with zero attached hydrogens (tertiary/aromatic N) is 2. The first-order chi connectivity index (χ1) is 14.0. The highest BCUT2D eigenvalue weighted by Gasteiger charge is 2.16. The van der Waals surface area contributed by atoms with Crippen molar-refractivity contribution in [3.05, 3.63) is 53.3 Å². The average molecular weight is 392 g/mol. The molecule has 0 aliphatic carbocycles. The molecule has 5 nitrogen and oxygen atoms in total. The number of benzene rings is 2. The number of aromatic nitrogens is 2. The second-order valence-electron chi connectivity index (χ2n) is 8.18. The summed E-state index contributed by atoms with van der Waals surface area (Å²) in [5.74, 6) is 2.72. The number of carbonyl (C=O) groups excluding carboxylic acids is 1. The molecule has 29 heavy (non-hydrogen) atoms. The van der Waals surface area contributed by atoms with Crippen LogP contribution in [0, 0.1) is 5.92 Å². The van der Waals surface area contributed by atoms with E-state index in [1.807, 2.05) is 19.1 Å². The average Bonchev–Trinajstić information content (AvgIpc) is 3.29. The molecule has 1 aromatic heterocycles. The molecule has 0 radical (unpaired) electrons. The molecule has 0 fully saturated rings. The maximum atomic E-state index is 11.8. The van der Waals surface area contributed by atoms with Gasteiger partial charge in [-0.2, -0.15) is 0 Å². The van der Waals surface area contributed by atoms with Crippen molar-refractivity contribution in [2.45, 2.75) is 53.0 Å². The minimum absolute atomic E-state index is 0.0178. The van der Waals surface area contributed by atoms with Gasteiger partial charge in [-0.3, -0.25) is 4.79 Å². The van der Waals surface area contributed by atoms with Crippen molar-refractivity contribution in [3.63, 3.8) is 0 Å². The van der Waals surface area contributed by atoms with Crippen LogP contribution in [-0.2, 0) is 24.2 Å². The Morgan fingerprint density at radius 2 is 2.10 bits per heavy atom. The van der Waals surface area contributed by atoms with Crippen LogP contribution in [-0.4, -0.2) is 22.1 Å². The van der Waals surface area contributed by atoms with Gasteiger partial charge in [-0.1, -0.05) is 32.9 Å². The van der Waals surface area contributed by atoms with E-state index in [2.05, 4.69) is 48.0 Å². The molecule has 0 bridgehead atoms. The van der Waals surface area contributed by atoms with Crippen molar-refractivity contribution in [3.8, 4) is 5.75 Å². The molecule has 152 valence electrons. The van der Waals surface area contributed by atoms with E-state index in [9.17, 15) is 4.79 Å². The molecule has 1 N–H and O–H groups in total. The van der Waals surface area contributed by atoms with Gasteiger partial charge in [-0.15, -0.1) is 0 Å². The number of aryl methyl sites for hydroxylation is 1. The predicted molar refractivity (Wildman–Crippen MR) is 117 cm³/mol. The maximum absolute atomic E-state index is 11.8. The molecule has 4 rings (SSSR count). The van der Waals surface area contributed by atoms with Gasteiger partial charge in [0.15, 0.2) is 0 Å². The van der Waals surface area contributed by atoms with Gasteiger partial charge in [0.2, 0.25) is 5.91 Å². The SMILES string of the molecule is CCC(=O)Nc1ccc2c(c1)nc(Cc1ccc3c(c1)CCO3)n2CCC(C)C. The Balaban J connectivity index is 1.68. The van der Waals surface area contributed by atoms with E-state index >= 15 is 0 Å². The van der Waals surface area contributed by atoms with Gasteiger partial charge >= 0.3 is 0 Å². The summed E-state index contributed by atoms with van der Waals surface area (Å²) in [6.07, 6.45) is 3.34. The minimum atomic E-state index is 0.0178. The maximum Gasteiger partial charge on any atom is 0.224 e. The van der Waals surface area contributed by atoms with Crippen LogP contribution in [0.1, 0.15) is 50.6 Å².